The molecule has 0 saturated heterocycles. The summed E-state index contributed by atoms with van der Waals surface area (Å²) in [4.78, 5) is 12.0. The molecule has 1 unspecified atom stereocenters. The second-order valence-electron chi connectivity index (χ2n) is 5.54. The lowest BCUT2D eigenvalue weighted by atomic mass is 10.1. The zero-order chi connectivity index (χ0) is 16.4. The number of hydrogen-bond acceptors (Lipinski definition) is 4. The lowest BCUT2D eigenvalue weighted by Gasteiger charge is -2.22. The molecule has 0 bridgehead atoms. The van der Waals surface area contributed by atoms with Gasteiger partial charge in [-0.2, -0.15) is 0 Å². The molecule has 3 aromatic rings. The fourth-order valence-electron chi connectivity index (χ4n) is 2.72. The molecular formula is C18H16BrN5. The lowest BCUT2D eigenvalue weighted by Crippen LogP contribution is -2.40. The minimum Gasteiger partial charge on any atom is -0.351 e. The highest BCUT2D eigenvalue weighted by Gasteiger charge is 2.15. The molecule has 0 radical (unpaired) electrons. The van der Waals surface area contributed by atoms with Crippen LogP contribution in [0.25, 0.3) is 16.7 Å². The number of nitrogens with one attached hydrogen (secondary N) is 3. The van der Waals surface area contributed by atoms with Gasteiger partial charge in [0.15, 0.2) is 6.29 Å². The van der Waals surface area contributed by atoms with E-state index < -0.39 is 0 Å². The molecule has 0 spiro atoms. The molecule has 120 valence electrons. The molecule has 2 aromatic heterocycles. The number of allylic oxidation sites excluding steroid dienone is 1. The molecule has 0 fully saturated rings. The maximum atomic E-state index is 4.44. The van der Waals surface area contributed by atoms with Crippen molar-refractivity contribution in [1.82, 2.24) is 20.6 Å². The third-order valence-electron chi connectivity index (χ3n) is 3.90. The number of aromatic amines is 1. The molecule has 0 saturated carbocycles. The Morgan fingerprint density at radius 2 is 2.08 bits per heavy atom. The molecular weight excluding hydrogens is 366 g/mol. The Bertz CT molecular complexity index is 914. The largest absolute Gasteiger partial charge is 0.351 e. The van der Waals surface area contributed by atoms with Gasteiger partial charge in [-0.3, -0.25) is 10.3 Å². The van der Waals surface area contributed by atoms with Crippen LogP contribution in [0.5, 0.6) is 0 Å². The van der Waals surface area contributed by atoms with Crippen molar-refractivity contribution in [2.75, 3.05) is 0 Å². The number of pyridine rings is 1. The quantitative estimate of drug-likeness (QED) is 0.648. The number of rotatable bonds is 4. The summed E-state index contributed by atoms with van der Waals surface area (Å²) in [6.07, 6.45) is 7.41. The number of aliphatic imine (C=N–C) groups is 1. The van der Waals surface area contributed by atoms with E-state index in [1.54, 1.807) is 6.20 Å². The van der Waals surface area contributed by atoms with Gasteiger partial charge < -0.3 is 10.3 Å². The number of H-pyrrole nitrogens is 1. The lowest BCUT2D eigenvalue weighted by molar-refractivity contribution is 0.494. The second kappa shape index (κ2) is 6.59. The van der Waals surface area contributed by atoms with Gasteiger partial charge in [0.1, 0.15) is 5.65 Å². The summed E-state index contributed by atoms with van der Waals surface area (Å²) in [7, 11) is 0. The average molecular weight is 382 g/mol. The third kappa shape index (κ3) is 3.11. The molecule has 0 amide bonds. The van der Waals surface area contributed by atoms with Gasteiger partial charge >= 0.3 is 0 Å². The van der Waals surface area contributed by atoms with E-state index in [2.05, 4.69) is 59.7 Å². The van der Waals surface area contributed by atoms with Crippen LogP contribution in [0.1, 0.15) is 11.1 Å². The van der Waals surface area contributed by atoms with Gasteiger partial charge in [-0.1, -0.05) is 30.3 Å². The van der Waals surface area contributed by atoms with Crippen LogP contribution in [0, 0.1) is 0 Å². The number of nitrogens with zero attached hydrogens (tertiary/aromatic N) is 2. The Morgan fingerprint density at radius 3 is 2.96 bits per heavy atom. The minimum absolute atomic E-state index is 0.157. The summed E-state index contributed by atoms with van der Waals surface area (Å²) >= 11 is 3.48. The molecule has 3 N–H and O–H groups in total. The molecule has 1 atom stereocenters. The predicted molar refractivity (Wildman–Crippen MR) is 100 cm³/mol. The summed E-state index contributed by atoms with van der Waals surface area (Å²) in [5, 5.41) is 7.90. The van der Waals surface area contributed by atoms with Crippen LogP contribution in [0.2, 0.25) is 0 Å². The maximum absolute atomic E-state index is 4.44. The topological polar surface area (TPSA) is 65.1 Å². The van der Waals surface area contributed by atoms with Crippen molar-refractivity contribution in [2.24, 2.45) is 4.99 Å². The van der Waals surface area contributed by atoms with Crippen LogP contribution in [0.4, 0.5) is 0 Å². The number of fused-ring (bicyclic) bond motifs is 1. The van der Waals surface area contributed by atoms with Gasteiger partial charge in [0.05, 0.1) is 0 Å². The zero-order valence-corrected chi connectivity index (χ0v) is 14.4. The number of aromatic nitrogens is 2. The molecule has 1 aromatic carbocycles. The van der Waals surface area contributed by atoms with Gasteiger partial charge in [0.2, 0.25) is 0 Å². The molecule has 0 aliphatic carbocycles. The van der Waals surface area contributed by atoms with Crippen LogP contribution in [-0.4, -0.2) is 22.5 Å². The van der Waals surface area contributed by atoms with Crippen LogP contribution in [0.15, 0.2) is 64.3 Å². The SMILES string of the molecule is Brc1cnc2[nH]cc(C3=CC=NC(NCc4ccccc4)N3)c2c1. The van der Waals surface area contributed by atoms with E-state index >= 15 is 0 Å². The molecule has 1 aliphatic heterocycles. The second-order valence-corrected chi connectivity index (χ2v) is 6.46. The van der Waals surface area contributed by atoms with Crippen molar-refractivity contribution in [3.05, 3.63) is 70.5 Å². The molecule has 5 nitrogen and oxygen atoms in total. The Balaban J connectivity index is 1.51. The van der Waals surface area contributed by atoms with Crippen LogP contribution in [0.3, 0.4) is 0 Å². The van der Waals surface area contributed by atoms with E-state index in [1.807, 2.05) is 36.7 Å². The smallest absolute Gasteiger partial charge is 0.173 e. The first-order valence-corrected chi connectivity index (χ1v) is 8.49. The summed E-state index contributed by atoms with van der Waals surface area (Å²) in [6, 6.07) is 12.4. The highest BCUT2D eigenvalue weighted by molar-refractivity contribution is 9.10. The Labute approximate surface area is 148 Å². The number of halogens is 1. The molecule has 3 heterocycles. The van der Waals surface area contributed by atoms with E-state index in [0.717, 1.165) is 33.3 Å². The van der Waals surface area contributed by atoms with Crippen molar-refractivity contribution in [3.63, 3.8) is 0 Å². The highest BCUT2D eigenvalue weighted by atomic mass is 79.9. The Morgan fingerprint density at radius 1 is 1.21 bits per heavy atom. The first kappa shape index (κ1) is 15.1. The van der Waals surface area contributed by atoms with Crippen molar-refractivity contribution in [2.45, 2.75) is 12.8 Å². The Kier molecular flexibility index (Phi) is 4.15. The van der Waals surface area contributed by atoms with E-state index in [4.69, 9.17) is 0 Å². The molecule has 24 heavy (non-hydrogen) atoms. The van der Waals surface area contributed by atoms with Crippen molar-refractivity contribution < 1.29 is 0 Å². The summed E-state index contributed by atoms with van der Waals surface area (Å²) in [5.41, 5.74) is 4.19. The van der Waals surface area contributed by atoms with Crippen LogP contribution >= 0.6 is 15.9 Å². The highest BCUT2D eigenvalue weighted by Crippen LogP contribution is 2.25. The predicted octanol–water partition coefficient (Wildman–Crippen LogP) is 3.41. The van der Waals surface area contributed by atoms with E-state index in [0.29, 0.717) is 0 Å². The van der Waals surface area contributed by atoms with Gasteiger partial charge in [0.25, 0.3) is 0 Å². The fourth-order valence-corrected chi connectivity index (χ4v) is 3.05. The molecule has 1 aliphatic rings. The van der Waals surface area contributed by atoms with Gasteiger partial charge in [-0.25, -0.2) is 4.98 Å². The monoisotopic (exact) mass is 381 g/mol. The zero-order valence-electron chi connectivity index (χ0n) is 12.8. The Hall–Kier alpha value is -2.44. The van der Waals surface area contributed by atoms with Crippen molar-refractivity contribution in [1.29, 1.82) is 0 Å². The summed E-state index contributed by atoms with van der Waals surface area (Å²) < 4.78 is 0.958. The number of hydrogen-bond donors (Lipinski definition) is 3. The molecule has 6 heteroatoms. The van der Waals surface area contributed by atoms with Crippen LogP contribution in [-0.2, 0) is 6.54 Å². The average Bonchev–Trinajstić information content (AvgIpc) is 3.04. The van der Waals surface area contributed by atoms with E-state index in [-0.39, 0.29) is 6.29 Å². The summed E-state index contributed by atoms with van der Waals surface area (Å²) in [6.45, 7) is 0.754. The van der Waals surface area contributed by atoms with Gasteiger partial charge in [0, 0.05) is 46.3 Å². The number of benzene rings is 1. The third-order valence-corrected chi connectivity index (χ3v) is 4.33. The summed E-state index contributed by atoms with van der Waals surface area (Å²) in [5.74, 6) is 0. The normalized spacial score (nSPS) is 16.9. The van der Waals surface area contributed by atoms with Gasteiger partial charge in [-0.05, 0) is 33.6 Å². The minimum atomic E-state index is -0.157. The van der Waals surface area contributed by atoms with Crippen molar-refractivity contribution in [3.8, 4) is 0 Å². The maximum Gasteiger partial charge on any atom is 0.173 e. The standard InChI is InChI=1S/C18H16BrN5/c19-13-8-14-15(11-22-17(14)21-10-13)16-6-7-20-18(24-16)23-9-12-4-2-1-3-5-12/h1-8,10-11,18,23-24H,9H2,(H,21,22). The van der Waals surface area contributed by atoms with E-state index in [9.17, 15) is 0 Å². The first-order chi connectivity index (χ1) is 11.8. The van der Waals surface area contributed by atoms with Crippen LogP contribution < -0.4 is 10.6 Å². The van der Waals surface area contributed by atoms with E-state index in [1.165, 1.54) is 5.56 Å². The van der Waals surface area contributed by atoms with Gasteiger partial charge in [-0.15, -0.1) is 0 Å². The first-order valence-electron chi connectivity index (χ1n) is 7.70. The molecule has 4 rings (SSSR count). The fraction of sp³-hybridized carbons (Fsp3) is 0.111. The van der Waals surface area contributed by atoms with Crippen molar-refractivity contribution >= 4 is 38.9 Å².